The van der Waals surface area contributed by atoms with Crippen LogP contribution in [0.3, 0.4) is 0 Å². The van der Waals surface area contributed by atoms with Gasteiger partial charge in [0.2, 0.25) is 0 Å². The Morgan fingerprint density at radius 2 is 1.59 bits per heavy atom. The molecular weight excluding hydrogens is 529 g/mol. The van der Waals surface area contributed by atoms with E-state index in [-0.39, 0.29) is 34.2 Å². The van der Waals surface area contributed by atoms with Crippen molar-refractivity contribution >= 4 is 28.6 Å². The summed E-state index contributed by atoms with van der Waals surface area (Å²) in [5.74, 6) is -0.678. The van der Waals surface area contributed by atoms with Crippen LogP contribution in [0.15, 0.2) is 6.20 Å². The van der Waals surface area contributed by atoms with E-state index in [1.807, 2.05) is 0 Å². The average molecular weight is 579 g/mol. The van der Waals surface area contributed by atoms with E-state index in [1.165, 1.54) is 6.20 Å². The van der Waals surface area contributed by atoms with Crippen LogP contribution in [-0.4, -0.2) is 52.8 Å². The lowest BCUT2D eigenvalue weighted by atomic mass is 9.75. The molecule has 1 aromatic heterocycles. The molecule has 0 saturated carbocycles. The molecule has 1 aromatic rings. The van der Waals surface area contributed by atoms with Crippen LogP contribution in [0, 0.1) is 5.92 Å². The molecule has 1 aliphatic heterocycles. The Bertz CT molecular complexity index is 1110. The van der Waals surface area contributed by atoms with Gasteiger partial charge in [0.15, 0.2) is 22.2 Å². The number of nitrogens with zero attached hydrogens (tertiary/aromatic N) is 1. The highest BCUT2D eigenvalue weighted by Crippen LogP contribution is 2.49. The molecule has 0 bridgehead atoms. The first-order valence-electron chi connectivity index (χ1n) is 14.0. The van der Waals surface area contributed by atoms with E-state index < -0.39 is 40.3 Å². The number of hydrogen-bond acceptors (Lipinski definition) is 7. The summed E-state index contributed by atoms with van der Waals surface area (Å²) in [5.41, 5.74) is 12.7. The number of nitrogens with two attached hydrogens (primary N) is 2. The molecule has 1 fully saturated rings. The summed E-state index contributed by atoms with van der Waals surface area (Å²) in [6.45, 7) is 24.9. The molecule has 1 saturated heterocycles. The number of aromatic nitrogens is 1. The quantitative estimate of drug-likeness (QED) is 0.382. The summed E-state index contributed by atoms with van der Waals surface area (Å²) in [6, 6.07) is 0. The van der Waals surface area contributed by atoms with Gasteiger partial charge in [-0.1, -0.05) is 48.5 Å². The number of primary amides is 2. The maximum atomic E-state index is 12.9. The van der Waals surface area contributed by atoms with Gasteiger partial charge in [-0.25, -0.2) is 4.79 Å². The number of rotatable bonds is 7. The molecule has 2 heterocycles. The lowest BCUT2D eigenvalue weighted by molar-refractivity contribution is -0.113. The largest absolute Gasteiger partial charge is 0.434 e. The second-order valence-corrected chi connectivity index (χ2v) is 23.9. The average Bonchev–Trinajstić information content (AvgIpc) is 3.15. The molecule has 11 heteroatoms. The highest BCUT2D eigenvalue weighted by atomic mass is 28.4. The molecule has 2 aliphatic rings. The van der Waals surface area contributed by atoms with E-state index in [0.29, 0.717) is 24.9 Å². The zero-order valence-electron chi connectivity index (χ0n) is 25.8. The Balaban J connectivity index is 2.28. The molecule has 2 amide bonds. The van der Waals surface area contributed by atoms with Crippen molar-refractivity contribution in [2.24, 2.45) is 17.4 Å². The van der Waals surface area contributed by atoms with E-state index in [0.717, 1.165) is 11.3 Å². The van der Waals surface area contributed by atoms with E-state index in [2.05, 4.69) is 80.0 Å². The topological polar surface area (TPSA) is 139 Å². The van der Waals surface area contributed by atoms with Crippen molar-refractivity contribution in [3.8, 4) is 0 Å². The SMILES string of the molecule is C[C@H]1CNC[C@](OC(N)=O)(c2c(C(N)=O)cnc3c2CC[C@H]3O[Si](C)(C)C(C)(C)C)[C@@H]1O[Si](C)(C)C(C)(C)C. The minimum Gasteiger partial charge on any atom is -0.434 e. The Kier molecular flexibility index (Phi) is 8.59. The van der Waals surface area contributed by atoms with E-state index in [9.17, 15) is 9.59 Å². The molecule has 39 heavy (non-hydrogen) atoms. The van der Waals surface area contributed by atoms with Gasteiger partial charge in [0.05, 0.1) is 23.5 Å². The maximum absolute atomic E-state index is 12.9. The van der Waals surface area contributed by atoms with Gasteiger partial charge in [0.1, 0.15) is 0 Å². The molecule has 9 nitrogen and oxygen atoms in total. The van der Waals surface area contributed by atoms with Crippen LogP contribution in [0.5, 0.6) is 0 Å². The van der Waals surface area contributed by atoms with Gasteiger partial charge in [-0.05, 0) is 60.6 Å². The molecule has 3 rings (SSSR count). The third-order valence-electron chi connectivity index (χ3n) is 9.45. The molecule has 0 unspecified atom stereocenters. The van der Waals surface area contributed by atoms with Crippen molar-refractivity contribution < 1.29 is 23.2 Å². The van der Waals surface area contributed by atoms with Gasteiger partial charge in [-0.3, -0.25) is 9.78 Å². The van der Waals surface area contributed by atoms with Gasteiger partial charge in [-0.15, -0.1) is 0 Å². The number of hydrogen-bond donors (Lipinski definition) is 3. The minimum atomic E-state index is -2.35. The fourth-order valence-electron chi connectivity index (χ4n) is 5.24. The van der Waals surface area contributed by atoms with Crippen LogP contribution in [-0.2, 0) is 25.6 Å². The van der Waals surface area contributed by atoms with Gasteiger partial charge in [0.25, 0.3) is 5.91 Å². The van der Waals surface area contributed by atoms with Gasteiger partial charge < -0.3 is 30.4 Å². The van der Waals surface area contributed by atoms with Gasteiger partial charge >= 0.3 is 6.09 Å². The van der Waals surface area contributed by atoms with Crippen molar-refractivity contribution in [1.82, 2.24) is 10.3 Å². The predicted octanol–water partition coefficient (Wildman–Crippen LogP) is 5.11. The highest BCUT2D eigenvalue weighted by molar-refractivity contribution is 6.74. The number of ether oxygens (including phenoxy) is 1. The Labute approximate surface area is 236 Å². The van der Waals surface area contributed by atoms with Crippen LogP contribution in [0.4, 0.5) is 4.79 Å². The Morgan fingerprint density at radius 1 is 1.03 bits per heavy atom. The second-order valence-electron chi connectivity index (χ2n) is 14.4. The molecular formula is C28H50N4O5Si2. The summed E-state index contributed by atoms with van der Waals surface area (Å²) in [5, 5.41) is 3.34. The zero-order valence-corrected chi connectivity index (χ0v) is 27.8. The molecule has 4 atom stereocenters. The Hall–Kier alpha value is -1.80. The van der Waals surface area contributed by atoms with Crippen LogP contribution >= 0.6 is 0 Å². The summed E-state index contributed by atoms with van der Waals surface area (Å²) >= 11 is 0. The third kappa shape index (κ3) is 5.97. The lowest BCUT2D eigenvalue weighted by Crippen LogP contribution is -2.64. The Morgan fingerprint density at radius 3 is 2.10 bits per heavy atom. The van der Waals surface area contributed by atoms with Crippen molar-refractivity contribution in [3.63, 3.8) is 0 Å². The molecule has 5 N–H and O–H groups in total. The first kappa shape index (κ1) is 31.7. The van der Waals surface area contributed by atoms with E-state index in [1.54, 1.807) is 0 Å². The number of nitrogens with one attached hydrogen (secondary N) is 1. The van der Waals surface area contributed by atoms with Crippen LogP contribution in [0.1, 0.15) is 88.2 Å². The van der Waals surface area contributed by atoms with Gasteiger partial charge in [0, 0.05) is 24.8 Å². The zero-order chi connectivity index (χ0) is 29.8. The molecule has 0 radical (unpaired) electrons. The summed E-state index contributed by atoms with van der Waals surface area (Å²) < 4.78 is 20.0. The predicted molar refractivity (Wildman–Crippen MR) is 159 cm³/mol. The highest BCUT2D eigenvalue weighted by Gasteiger charge is 2.56. The van der Waals surface area contributed by atoms with Crippen LogP contribution in [0.2, 0.25) is 36.3 Å². The number of pyridine rings is 1. The number of amides is 2. The van der Waals surface area contributed by atoms with Gasteiger partial charge in [-0.2, -0.15) is 0 Å². The fraction of sp³-hybridized carbons (Fsp3) is 0.750. The number of carbonyl (C=O) groups is 2. The van der Waals surface area contributed by atoms with Crippen molar-refractivity contribution in [2.75, 3.05) is 13.1 Å². The van der Waals surface area contributed by atoms with Crippen LogP contribution in [0.25, 0.3) is 0 Å². The fourth-order valence-corrected chi connectivity index (χ4v) is 7.95. The van der Waals surface area contributed by atoms with Crippen molar-refractivity contribution in [3.05, 3.63) is 28.6 Å². The summed E-state index contributed by atoms with van der Waals surface area (Å²) in [6.07, 6.45) is 1.15. The number of piperidine rings is 1. The van der Waals surface area contributed by atoms with E-state index in [4.69, 9.17) is 30.0 Å². The number of fused-ring (bicyclic) bond motifs is 1. The first-order valence-corrected chi connectivity index (χ1v) is 19.8. The normalized spacial score (nSPS) is 26.3. The summed E-state index contributed by atoms with van der Waals surface area (Å²) in [7, 11) is -4.48. The standard InChI is InChI=1S/C28H50N4O5Si2/c1-17-14-31-16-28(35-25(30)34,23(17)37-39(10,11)27(5,6)7)21-18-12-13-20(36-38(8,9)26(2,3)4)22(18)32-15-19(21)24(29)33/h15,17,20,23,31H,12-14,16H2,1-11H3,(H2,29,33)(H2,30,34)/t17-,20+,23+,28-/m0/s1. The smallest absolute Gasteiger partial charge is 0.405 e. The molecule has 220 valence electrons. The minimum absolute atomic E-state index is 0.0207. The lowest BCUT2D eigenvalue weighted by Gasteiger charge is -2.51. The molecule has 1 aliphatic carbocycles. The maximum Gasteiger partial charge on any atom is 0.405 e. The summed E-state index contributed by atoms with van der Waals surface area (Å²) in [4.78, 5) is 30.2. The van der Waals surface area contributed by atoms with E-state index >= 15 is 0 Å². The second kappa shape index (κ2) is 10.6. The monoisotopic (exact) mass is 578 g/mol. The number of carbonyl (C=O) groups excluding carboxylic acids is 2. The van der Waals surface area contributed by atoms with Crippen molar-refractivity contribution in [1.29, 1.82) is 0 Å². The third-order valence-corrected chi connectivity index (χ3v) is 18.4. The van der Waals surface area contributed by atoms with Crippen molar-refractivity contribution in [2.45, 2.75) is 115 Å². The molecule has 0 spiro atoms. The molecule has 0 aromatic carbocycles. The first-order chi connectivity index (χ1) is 17.6. The van der Waals surface area contributed by atoms with Crippen LogP contribution < -0.4 is 16.8 Å².